The normalized spacial score (nSPS) is 9.75. The minimum atomic E-state index is -1.19. The molecule has 1 aromatic rings. The van der Waals surface area contributed by atoms with Crippen LogP contribution in [0.25, 0.3) is 0 Å². The molecule has 0 aliphatic heterocycles. The van der Waals surface area contributed by atoms with Gasteiger partial charge in [-0.3, -0.25) is 0 Å². The molecule has 0 fully saturated rings. The summed E-state index contributed by atoms with van der Waals surface area (Å²) in [5.74, 6) is -0.532. The quantitative estimate of drug-likeness (QED) is 0.683. The second-order valence-electron chi connectivity index (χ2n) is 2.22. The van der Waals surface area contributed by atoms with E-state index in [4.69, 9.17) is 4.74 Å². The Morgan fingerprint density at radius 3 is 3.08 bits per heavy atom. The van der Waals surface area contributed by atoms with Crippen LogP contribution in [-0.4, -0.2) is 12.6 Å². The van der Waals surface area contributed by atoms with Crippen LogP contribution in [0, 0.1) is 0 Å². The van der Waals surface area contributed by atoms with Gasteiger partial charge < -0.3 is 14.6 Å². The first-order valence-corrected chi connectivity index (χ1v) is 4.51. The van der Waals surface area contributed by atoms with Crippen LogP contribution in [0.4, 0.5) is 0 Å². The van der Waals surface area contributed by atoms with E-state index in [9.17, 15) is 9.90 Å². The van der Waals surface area contributed by atoms with Crippen LogP contribution < -0.4 is 9.84 Å². The zero-order chi connectivity index (χ0) is 8.97. The van der Waals surface area contributed by atoms with E-state index in [1.54, 1.807) is 17.4 Å². The lowest BCUT2D eigenvalue weighted by molar-refractivity contribution is -0.307. The Balaban J connectivity index is 2.56. The standard InChI is InChI=1S/C8H10O3S/c1-2-7-6(3-4-12-7)11-5-8(9)10/h3-4H,2,5H2,1H3,(H,9,10)/p-1. The first-order valence-electron chi connectivity index (χ1n) is 3.63. The number of hydrogen-bond acceptors (Lipinski definition) is 4. The third-order valence-corrected chi connectivity index (χ3v) is 2.42. The predicted molar refractivity (Wildman–Crippen MR) is 44.2 cm³/mol. The maximum absolute atomic E-state index is 10.1. The fourth-order valence-corrected chi connectivity index (χ4v) is 1.62. The molecule has 0 aromatic carbocycles. The van der Waals surface area contributed by atoms with Crippen molar-refractivity contribution in [2.75, 3.05) is 6.61 Å². The molecule has 66 valence electrons. The molecule has 0 saturated carbocycles. The van der Waals surface area contributed by atoms with Crippen molar-refractivity contribution >= 4 is 17.3 Å². The van der Waals surface area contributed by atoms with Crippen molar-refractivity contribution in [3.8, 4) is 5.75 Å². The summed E-state index contributed by atoms with van der Waals surface area (Å²) in [5.41, 5.74) is 0. The number of carbonyl (C=O) groups is 1. The van der Waals surface area contributed by atoms with Crippen molar-refractivity contribution in [2.24, 2.45) is 0 Å². The highest BCUT2D eigenvalue weighted by molar-refractivity contribution is 7.10. The number of carbonyl (C=O) groups excluding carboxylic acids is 1. The number of thiophene rings is 1. The van der Waals surface area contributed by atoms with Crippen LogP contribution in [0.3, 0.4) is 0 Å². The Kier molecular flexibility index (Phi) is 3.10. The van der Waals surface area contributed by atoms with Gasteiger partial charge in [-0.25, -0.2) is 0 Å². The Hall–Kier alpha value is -1.03. The van der Waals surface area contributed by atoms with Crippen LogP contribution >= 0.6 is 11.3 Å². The molecule has 0 N–H and O–H groups in total. The maximum atomic E-state index is 10.1. The molecule has 0 unspecified atom stereocenters. The average molecular weight is 185 g/mol. The number of carboxylic acids is 1. The molecule has 0 bridgehead atoms. The molecule has 1 heterocycles. The first kappa shape index (κ1) is 9.06. The predicted octanol–water partition coefficient (Wildman–Crippen LogP) is 0.439. The number of carboxylic acid groups (broad SMARTS) is 1. The second kappa shape index (κ2) is 4.11. The number of hydrogen-bond donors (Lipinski definition) is 0. The molecule has 0 spiro atoms. The SMILES string of the molecule is CCc1sccc1OCC(=O)[O-]. The van der Waals surface area contributed by atoms with Gasteiger partial charge in [-0.1, -0.05) is 6.92 Å². The molecule has 1 rings (SSSR count). The average Bonchev–Trinajstić information content (AvgIpc) is 2.47. The number of aryl methyl sites for hydroxylation is 1. The van der Waals surface area contributed by atoms with E-state index in [1.165, 1.54) is 0 Å². The highest BCUT2D eigenvalue weighted by Gasteiger charge is 2.02. The Labute approximate surface area is 74.6 Å². The number of rotatable bonds is 4. The Bertz CT molecular complexity index is 267. The fourth-order valence-electron chi connectivity index (χ4n) is 0.852. The molecule has 3 nitrogen and oxygen atoms in total. The van der Waals surface area contributed by atoms with Crippen molar-refractivity contribution in [1.29, 1.82) is 0 Å². The number of ether oxygens (including phenoxy) is 1. The topological polar surface area (TPSA) is 49.4 Å². The van der Waals surface area contributed by atoms with E-state index in [1.807, 2.05) is 12.3 Å². The third kappa shape index (κ3) is 2.23. The summed E-state index contributed by atoms with van der Waals surface area (Å²) in [6, 6.07) is 1.77. The van der Waals surface area contributed by atoms with Crippen LogP contribution in [-0.2, 0) is 11.2 Å². The smallest absolute Gasteiger partial charge is 0.133 e. The molecule has 0 saturated heterocycles. The van der Waals surface area contributed by atoms with Gasteiger partial charge in [0.25, 0.3) is 0 Å². The minimum absolute atomic E-state index is 0.371. The summed E-state index contributed by atoms with van der Waals surface area (Å²) in [4.78, 5) is 11.1. The van der Waals surface area contributed by atoms with Gasteiger partial charge in [-0.05, 0) is 17.9 Å². The molecule has 0 aliphatic rings. The van der Waals surface area contributed by atoms with Crippen LogP contribution in [0.5, 0.6) is 5.75 Å². The van der Waals surface area contributed by atoms with Crippen LogP contribution in [0.2, 0.25) is 0 Å². The fraction of sp³-hybridized carbons (Fsp3) is 0.375. The van der Waals surface area contributed by atoms with Gasteiger partial charge in [0.05, 0.1) is 5.97 Å². The summed E-state index contributed by atoms with van der Waals surface area (Å²) >= 11 is 1.56. The zero-order valence-corrected chi connectivity index (χ0v) is 7.52. The van der Waals surface area contributed by atoms with E-state index in [-0.39, 0.29) is 6.61 Å². The molecule has 0 aliphatic carbocycles. The number of aliphatic carboxylic acids is 1. The van der Waals surface area contributed by atoms with Crippen molar-refractivity contribution in [2.45, 2.75) is 13.3 Å². The van der Waals surface area contributed by atoms with Gasteiger partial charge in [0.15, 0.2) is 0 Å². The van der Waals surface area contributed by atoms with E-state index in [0.717, 1.165) is 11.3 Å². The summed E-state index contributed by atoms with van der Waals surface area (Å²) < 4.78 is 4.98. The monoisotopic (exact) mass is 185 g/mol. The van der Waals surface area contributed by atoms with Gasteiger partial charge in [0.1, 0.15) is 12.4 Å². The largest absolute Gasteiger partial charge is 0.546 e. The van der Waals surface area contributed by atoms with E-state index < -0.39 is 5.97 Å². The van der Waals surface area contributed by atoms with E-state index in [0.29, 0.717) is 5.75 Å². The molecule has 1 aromatic heterocycles. The lowest BCUT2D eigenvalue weighted by Crippen LogP contribution is -2.28. The van der Waals surface area contributed by atoms with E-state index >= 15 is 0 Å². The lowest BCUT2D eigenvalue weighted by atomic mass is 10.3. The van der Waals surface area contributed by atoms with Gasteiger partial charge in [0.2, 0.25) is 0 Å². The third-order valence-electron chi connectivity index (χ3n) is 1.37. The van der Waals surface area contributed by atoms with Crippen molar-refractivity contribution in [1.82, 2.24) is 0 Å². The molecule has 4 heteroatoms. The van der Waals surface area contributed by atoms with Gasteiger partial charge in [0, 0.05) is 4.88 Å². The molecular formula is C8H9O3S-. The van der Waals surface area contributed by atoms with E-state index in [2.05, 4.69) is 0 Å². The van der Waals surface area contributed by atoms with Crippen molar-refractivity contribution in [3.63, 3.8) is 0 Å². The van der Waals surface area contributed by atoms with Crippen molar-refractivity contribution < 1.29 is 14.6 Å². The maximum Gasteiger partial charge on any atom is 0.133 e. The lowest BCUT2D eigenvalue weighted by Gasteiger charge is -2.05. The highest BCUT2D eigenvalue weighted by Crippen LogP contribution is 2.24. The summed E-state index contributed by atoms with van der Waals surface area (Å²) in [7, 11) is 0. The first-order chi connectivity index (χ1) is 5.74. The second-order valence-corrected chi connectivity index (χ2v) is 3.22. The van der Waals surface area contributed by atoms with Gasteiger partial charge in [-0.15, -0.1) is 11.3 Å². The summed E-state index contributed by atoms with van der Waals surface area (Å²) in [5, 5.41) is 11.9. The molecule has 12 heavy (non-hydrogen) atoms. The summed E-state index contributed by atoms with van der Waals surface area (Å²) in [6.45, 7) is 1.63. The van der Waals surface area contributed by atoms with Crippen LogP contribution in [0.1, 0.15) is 11.8 Å². The Morgan fingerprint density at radius 1 is 1.75 bits per heavy atom. The van der Waals surface area contributed by atoms with Gasteiger partial charge in [-0.2, -0.15) is 0 Å². The minimum Gasteiger partial charge on any atom is -0.546 e. The molecule has 0 amide bonds. The van der Waals surface area contributed by atoms with Crippen LogP contribution in [0.15, 0.2) is 11.4 Å². The summed E-state index contributed by atoms with van der Waals surface area (Å²) in [6.07, 6.45) is 0.861. The Morgan fingerprint density at radius 2 is 2.50 bits per heavy atom. The van der Waals surface area contributed by atoms with Gasteiger partial charge >= 0.3 is 0 Å². The molecular weight excluding hydrogens is 176 g/mol. The molecule has 0 radical (unpaired) electrons. The molecule has 0 atom stereocenters. The highest BCUT2D eigenvalue weighted by atomic mass is 32.1. The van der Waals surface area contributed by atoms with Crippen molar-refractivity contribution in [3.05, 3.63) is 16.3 Å². The zero-order valence-electron chi connectivity index (χ0n) is 6.70.